The van der Waals surface area contributed by atoms with Crippen LogP contribution in [0.15, 0.2) is 73.2 Å². The number of likely N-dealkylation sites (tertiary alicyclic amines) is 1. The maximum absolute atomic E-state index is 14.3. The SMILES string of the molecule is Fc1cc(Cl)ccc1Cc1nccc(OC2CCN(Cc3nc4cc(/C=C/c5cccnc5)ccc4n3CC3CCO3)CC2)n1. The van der Waals surface area contributed by atoms with Gasteiger partial charge in [0, 0.05) is 55.8 Å². The van der Waals surface area contributed by atoms with E-state index in [0.717, 1.165) is 80.0 Å². The van der Waals surface area contributed by atoms with Crippen LogP contribution in [0.2, 0.25) is 5.02 Å². The molecule has 5 aromatic rings. The van der Waals surface area contributed by atoms with Gasteiger partial charge in [0.15, 0.2) is 0 Å². The molecule has 0 spiro atoms. The van der Waals surface area contributed by atoms with Crippen LogP contribution >= 0.6 is 11.6 Å². The third kappa shape index (κ3) is 7.22. The van der Waals surface area contributed by atoms with Crippen molar-refractivity contribution in [2.75, 3.05) is 19.7 Å². The quantitative estimate of drug-likeness (QED) is 0.173. The van der Waals surface area contributed by atoms with Crippen molar-refractivity contribution in [3.05, 3.63) is 112 Å². The number of pyridine rings is 1. The number of nitrogens with zero attached hydrogens (tertiary/aromatic N) is 6. The third-order valence-electron chi connectivity index (χ3n) is 8.41. The van der Waals surface area contributed by atoms with E-state index >= 15 is 0 Å². The van der Waals surface area contributed by atoms with E-state index in [9.17, 15) is 4.39 Å². The van der Waals surface area contributed by atoms with E-state index in [1.165, 1.54) is 6.07 Å². The predicted molar refractivity (Wildman–Crippen MR) is 172 cm³/mol. The molecule has 1 unspecified atom stereocenters. The van der Waals surface area contributed by atoms with E-state index < -0.39 is 0 Å². The van der Waals surface area contributed by atoms with Gasteiger partial charge in [0.25, 0.3) is 0 Å². The lowest BCUT2D eigenvalue weighted by atomic mass is 10.1. The lowest BCUT2D eigenvalue weighted by Gasteiger charge is -2.32. The summed E-state index contributed by atoms with van der Waals surface area (Å²) in [6.07, 6.45) is 12.9. The second kappa shape index (κ2) is 13.4. The van der Waals surface area contributed by atoms with E-state index in [1.807, 2.05) is 18.3 Å². The number of hydrogen-bond acceptors (Lipinski definition) is 7. The maximum Gasteiger partial charge on any atom is 0.216 e. The zero-order valence-electron chi connectivity index (χ0n) is 24.9. The monoisotopic (exact) mass is 624 g/mol. The van der Waals surface area contributed by atoms with Crippen LogP contribution in [0, 0.1) is 5.82 Å². The molecular weight excluding hydrogens is 591 g/mol. The average Bonchev–Trinajstić information content (AvgIpc) is 3.36. The molecule has 0 N–H and O–H groups in total. The van der Waals surface area contributed by atoms with Crippen molar-refractivity contribution < 1.29 is 13.9 Å². The molecule has 3 aromatic heterocycles. The van der Waals surface area contributed by atoms with Gasteiger partial charge in [-0.1, -0.05) is 42.0 Å². The van der Waals surface area contributed by atoms with Crippen LogP contribution in [0.25, 0.3) is 23.2 Å². The van der Waals surface area contributed by atoms with E-state index in [1.54, 1.807) is 30.6 Å². The Kier molecular flexibility index (Phi) is 8.82. The van der Waals surface area contributed by atoms with Crippen molar-refractivity contribution in [3.63, 3.8) is 0 Å². The molecule has 10 heteroatoms. The zero-order chi connectivity index (χ0) is 30.6. The van der Waals surface area contributed by atoms with Gasteiger partial charge >= 0.3 is 0 Å². The molecule has 2 saturated heterocycles. The first kappa shape index (κ1) is 29.5. The first-order chi connectivity index (χ1) is 22.1. The van der Waals surface area contributed by atoms with Crippen LogP contribution in [0.3, 0.4) is 0 Å². The van der Waals surface area contributed by atoms with Gasteiger partial charge in [-0.3, -0.25) is 9.88 Å². The largest absolute Gasteiger partial charge is 0.474 e. The number of ether oxygens (including phenoxy) is 2. The number of halogens is 2. The minimum Gasteiger partial charge on any atom is -0.474 e. The van der Waals surface area contributed by atoms with E-state index in [0.29, 0.717) is 22.3 Å². The molecule has 2 aliphatic heterocycles. The molecule has 8 nitrogen and oxygen atoms in total. The molecule has 2 aromatic carbocycles. The summed E-state index contributed by atoms with van der Waals surface area (Å²) < 4.78 is 28.7. The smallest absolute Gasteiger partial charge is 0.216 e. The van der Waals surface area contributed by atoms with Crippen LogP contribution in [0.1, 0.15) is 47.6 Å². The molecule has 0 amide bonds. The molecule has 0 aliphatic carbocycles. The molecule has 2 fully saturated rings. The van der Waals surface area contributed by atoms with Crippen LogP contribution in [-0.2, 0) is 24.2 Å². The fourth-order valence-corrected chi connectivity index (χ4v) is 6.01. The zero-order valence-corrected chi connectivity index (χ0v) is 25.6. The number of benzene rings is 2. The highest BCUT2D eigenvalue weighted by Crippen LogP contribution is 2.26. The van der Waals surface area contributed by atoms with Crippen molar-refractivity contribution in [2.24, 2.45) is 0 Å². The molecule has 0 saturated carbocycles. The van der Waals surface area contributed by atoms with Gasteiger partial charge in [0.1, 0.15) is 23.6 Å². The van der Waals surface area contributed by atoms with Crippen molar-refractivity contribution >= 4 is 34.8 Å². The van der Waals surface area contributed by atoms with Crippen molar-refractivity contribution in [1.82, 2.24) is 29.4 Å². The number of hydrogen-bond donors (Lipinski definition) is 0. The van der Waals surface area contributed by atoms with Crippen LogP contribution in [-0.4, -0.2) is 61.3 Å². The average molecular weight is 625 g/mol. The van der Waals surface area contributed by atoms with E-state index in [4.69, 9.17) is 26.1 Å². The number of aromatic nitrogens is 5. The fourth-order valence-electron chi connectivity index (χ4n) is 5.85. The Hall–Kier alpha value is -4.18. The Morgan fingerprint density at radius 2 is 1.84 bits per heavy atom. The minimum atomic E-state index is -0.364. The number of fused-ring (bicyclic) bond motifs is 1. The first-order valence-electron chi connectivity index (χ1n) is 15.4. The molecule has 45 heavy (non-hydrogen) atoms. The van der Waals surface area contributed by atoms with Gasteiger partial charge < -0.3 is 14.0 Å². The molecular formula is C35H34ClFN6O2. The van der Waals surface area contributed by atoms with Gasteiger partial charge in [-0.05, 0) is 66.3 Å². The number of imidazole rings is 1. The summed E-state index contributed by atoms with van der Waals surface area (Å²) in [5.74, 6) is 1.72. The molecule has 230 valence electrons. The summed E-state index contributed by atoms with van der Waals surface area (Å²) in [6, 6.07) is 16.9. The van der Waals surface area contributed by atoms with E-state index in [-0.39, 0.29) is 24.4 Å². The van der Waals surface area contributed by atoms with Gasteiger partial charge in [-0.2, -0.15) is 4.98 Å². The lowest BCUT2D eigenvalue weighted by Crippen LogP contribution is -2.39. The Balaban J connectivity index is 0.999. The normalized spacial score (nSPS) is 17.6. The van der Waals surface area contributed by atoms with E-state index in [2.05, 4.69) is 54.8 Å². The first-order valence-corrected chi connectivity index (χ1v) is 15.8. The maximum atomic E-state index is 14.3. The number of piperidine rings is 1. The molecule has 0 bridgehead atoms. The molecule has 1 atom stereocenters. The van der Waals surface area contributed by atoms with Gasteiger partial charge in [0.2, 0.25) is 5.88 Å². The van der Waals surface area contributed by atoms with Crippen molar-refractivity contribution in [3.8, 4) is 5.88 Å². The standard InChI is InChI=1S/C35H34ClFN6O2/c36-27-7-6-26(30(37)20-27)19-33-39-14-9-35(41-33)45-28-10-15-42(16-11-28)23-34-40-31-18-24(3-4-25-2-1-13-38-21-25)5-8-32(31)43(34)22-29-12-17-44-29/h1-9,13-14,18,20-21,28-29H,10-12,15-17,19,22-23H2/b4-3+. The topological polar surface area (TPSA) is 78.2 Å². The molecule has 2 aliphatic rings. The van der Waals surface area contributed by atoms with Crippen LogP contribution < -0.4 is 4.74 Å². The van der Waals surface area contributed by atoms with Crippen LogP contribution in [0.4, 0.5) is 4.39 Å². The summed E-state index contributed by atoms with van der Waals surface area (Å²) in [6.45, 7) is 4.18. The molecule has 7 rings (SSSR count). The summed E-state index contributed by atoms with van der Waals surface area (Å²) in [5.41, 5.74) is 4.79. The Labute approximate surface area is 266 Å². The Bertz CT molecular complexity index is 1800. The minimum absolute atomic E-state index is 0.0487. The Morgan fingerprint density at radius 3 is 2.62 bits per heavy atom. The highest BCUT2D eigenvalue weighted by Gasteiger charge is 2.25. The van der Waals surface area contributed by atoms with Crippen molar-refractivity contribution in [2.45, 2.75) is 51.0 Å². The molecule has 5 heterocycles. The van der Waals surface area contributed by atoms with Crippen molar-refractivity contribution in [1.29, 1.82) is 0 Å². The number of rotatable bonds is 10. The summed E-state index contributed by atoms with van der Waals surface area (Å²) >= 11 is 5.89. The second-order valence-electron chi connectivity index (χ2n) is 11.6. The second-order valence-corrected chi connectivity index (χ2v) is 12.0. The summed E-state index contributed by atoms with van der Waals surface area (Å²) in [4.78, 5) is 20.6. The van der Waals surface area contributed by atoms with Crippen LogP contribution in [0.5, 0.6) is 5.88 Å². The van der Waals surface area contributed by atoms with Gasteiger partial charge in [-0.25, -0.2) is 14.4 Å². The van der Waals surface area contributed by atoms with Gasteiger partial charge in [-0.15, -0.1) is 0 Å². The highest BCUT2D eigenvalue weighted by atomic mass is 35.5. The van der Waals surface area contributed by atoms with Gasteiger partial charge in [0.05, 0.1) is 30.2 Å². The fraction of sp³-hybridized carbons (Fsp3) is 0.314. The third-order valence-corrected chi connectivity index (χ3v) is 8.65. The molecule has 0 radical (unpaired) electrons. The summed E-state index contributed by atoms with van der Waals surface area (Å²) in [5, 5.41) is 0.365. The highest BCUT2D eigenvalue weighted by molar-refractivity contribution is 6.30. The summed E-state index contributed by atoms with van der Waals surface area (Å²) in [7, 11) is 0. The lowest BCUT2D eigenvalue weighted by molar-refractivity contribution is -0.0592. The predicted octanol–water partition coefficient (Wildman–Crippen LogP) is 6.61. The Morgan fingerprint density at radius 1 is 0.978 bits per heavy atom.